The van der Waals surface area contributed by atoms with Crippen LogP contribution in [0.4, 0.5) is 18.9 Å². The molecule has 0 saturated carbocycles. The van der Waals surface area contributed by atoms with Crippen LogP contribution in [-0.2, 0) is 12.8 Å². The first kappa shape index (κ1) is 22.8. The van der Waals surface area contributed by atoms with E-state index in [0.717, 1.165) is 17.7 Å². The Kier molecular flexibility index (Phi) is 7.30. The quantitative estimate of drug-likeness (QED) is 0.298. The topological polar surface area (TPSA) is 42.8 Å². The zero-order valence-corrected chi connectivity index (χ0v) is 17.7. The number of halogens is 5. The average molecular weight is 469 g/mol. The van der Waals surface area contributed by atoms with Gasteiger partial charge in [-0.1, -0.05) is 35.3 Å². The number of nitrogens with one attached hydrogen (secondary N) is 1. The van der Waals surface area contributed by atoms with Crippen molar-refractivity contribution >= 4 is 35.1 Å². The molecule has 0 radical (unpaired) electrons. The minimum Gasteiger partial charge on any atom is -0.493 e. The highest BCUT2D eigenvalue weighted by atomic mass is 35.5. The highest BCUT2D eigenvalue weighted by Gasteiger charge is 2.30. The lowest BCUT2D eigenvalue weighted by molar-refractivity contribution is -0.137. The zero-order chi connectivity index (χ0) is 22.4. The Hall–Kier alpha value is -2.90. The Bertz CT molecular complexity index is 1090. The lowest BCUT2D eigenvalue weighted by atomic mass is 10.2. The van der Waals surface area contributed by atoms with Gasteiger partial charge in [0.25, 0.3) is 0 Å². The van der Waals surface area contributed by atoms with Crippen molar-refractivity contribution in [2.24, 2.45) is 5.10 Å². The van der Waals surface area contributed by atoms with Crippen LogP contribution in [0.5, 0.6) is 11.5 Å². The maximum absolute atomic E-state index is 12.8. The molecule has 3 aromatic carbocycles. The number of hydrogen-bond donors (Lipinski definition) is 1. The first-order chi connectivity index (χ1) is 14.8. The third-order valence-electron chi connectivity index (χ3n) is 4.16. The molecular formula is C22H17Cl2F3N2O2. The number of nitrogens with zero attached hydrogens (tertiary/aromatic N) is 1. The summed E-state index contributed by atoms with van der Waals surface area (Å²) in [5, 5.41) is 4.88. The molecule has 31 heavy (non-hydrogen) atoms. The van der Waals surface area contributed by atoms with Gasteiger partial charge in [-0.05, 0) is 59.7 Å². The van der Waals surface area contributed by atoms with Gasteiger partial charge < -0.3 is 9.47 Å². The smallest absolute Gasteiger partial charge is 0.416 e. The van der Waals surface area contributed by atoms with Crippen molar-refractivity contribution in [3.05, 3.63) is 87.4 Å². The monoisotopic (exact) mass is 468 g/mol. The minimum atomic E-state index is -4.42. The summed E-state index contributed by atoms with van der Waals surface area (Å²) in [5.41, 5.74) is 3.53. The molecule has 3 rings (SSSR count). The Balaban J connectivity index is 1.70. The van der Waals surface area contributed by atoms with E-state index in [1.807, 2.05) is 0 Å². The van der Waals surface area contributed by atoms with E-state index in [1.165, 1.54) is 25.5 Å². The van der Waals surface area contributed by atoms with Crippen LogP contribution >= 0.6 is 23.2 Å². The van der Waals surface area contributed by atoms with Gasteiger partial charge in [-0.15, -0.1) is 0 Å². The van der Waals surface area contributed by atoms with E-state index < -0.39 is 11.7 Å². The molecule has 0 aromatic heterocycles. The molecule has 3 aromatic rings. The van der Waals surface area contributed by atoms with E-state index in [-0.39, 0.29) is 12.3 Å². The van der Waals surface area contributed by atoms with Gasteiger partial charge in [0.1, 0.15) is 6.61 Å². The fourth-order valence-electron chi connectivity index (χ4n) is 2.62. The molecule has 0 fully saturated rings. The van der Waals surface area contributed by atoms with Crippen LogP contribution in [0.3, 0.4) is 0 Å². The molecule has 0 aliphatic rings. The van der Waals surface area contributed by atoms with Crippen LogP contribution in [0.15, 0.2) is 65.8 Å². The standard InChI is InChI=1S/C22H17Cl2F3N2O2/c1-30-20-8-6-14(10-21(20)31-13-15-5-7-18(23)19(24)9-15)12-28-29-17-4-2-3-16(11-17)22(25,26)27/h2-12,29H,13H2,1H3. The highest BCUT2D eigenvalue weighted by molar-refractivity contribution is 6.42. The second-order valence-electron chi connectivity index (χ2n) is 6.40. The van der Waals surface area contributed by atoms with Gasteiger partial charge in [0.2, 0.25) is 0 Å². The molecule has 9 heteroatoms. The van der Waals surface area contributed by atoms with Crippen LogP contribution in [0.1, 0.15) is 16.7 Å². The second-order valence-corrected chi connectivity index (χ2v) is 7.21. The summed E-state index contributed by atoms with van der Waals surface area (Å²) in [6, 6.07) is 15.1. The van der Waals surface area contributed by atoms with Crippen molar-refractivity contribution in [3.63, 3.8) is 0 Å². The Morgan fingerprint density at radius 1 is 0.968 bits per heavy atom. The molecule has 0 spiro atoms. The van der Waals surface area contributed by atoms with Crippen LogP contribution in [0.25, 0.3) is 0 Å². The fourth-order valence-corrected chi connectivity index (χ4v) is 2.94. The predicted molar refractivity (Wildman–Crippen MR) is 116 cm³/mol. The summed E-state index contributed by atoms with van der Waals surface area (Å²) >= 11 is 11.9. The van der Waals surface area contributed by atoms with Gasteiger partial charge >= 0.3 is 6.18 Å². The lowest BCUT2D eigenvalue weighted by Gasteiger charge is -2.12. The minimum absolute atomic E-state index is 0.218. The van der Waals surface area contributed by atoms with Gasteiger partial charge in [0.15, 0.2) is 11.5 Å². The van der Waals surface area contributed by atoms with Crippen LogP contribution in [0.2, 0.25) is 10.0 Å². The third kappa shape index (κ3) is 6.29. The molecule has 162 valence electrons. The Morgan fingerprint density at radius 2 is 1.77 bits per heavy atom. The van der Waals surface area contributed by atoms with Gasteiger partial charge in [-0.25, -0.2) is 0 Å². The summed E-state index contributed by atoms with van der Waals surface area (Å²) in [5.74, 6) is 0.986. The number of ether oxygens (including phenoxy) is 2. The van der Waals surface area contributed by atoms with Crippen LogP contribution in [0, 0.1) is 0 Å². The summed E-state index contributed by atoms with van der Waals surface area (Å²) in [6.45, 7) is 0.232. The van der Waals surface area contributed by atoms with Gasteiger partial charge in [0.05, 0.1) is 34.6 Å². The van der Waals surface area contributed by atoms with E-state index in [9.17, 15) is 13.2 Å². The molecule has 0 atom stereocenters. The predicted octanol–water partition coefficient (Wildman–Crippen LogP) is 7.05. The molecule has 0 bridgehead atoms. The highest BCUT2D eigenvalue weighted by Crippen LogP contribution is 2.31. The molecule has 0 aliphatic carbocycles. The first-order valence-corrected chi connectivity index (χ1v) is 9.73. The number of benzene rings is 3. The summed E-state index contributed by atoms with van der Waals surface area (Å²) in [6.07, 6.45) is -2.95. The van der Waals surface area contributed by atoms with Crippen molar-refractivity contribution in [2.75, 3.05) is 12.5 Å². The molecule has 0 unspecified atom stereocenters. The molecular weight excluding hydrogens is 452 g/mol. The van der Waals surface area contributed by atoms with Crippen LogP contribution in [-0.4, -0.2) is 13.3 Å². The summed E-state index contributed by atoms with van der Waals surface area (Å²) in [4.78, 5) is 0. The number of hydrazone groups is 1. The van der Waals surface area contributed by atoms with Gasteiger partial charge in [0, 0.05) is 0 Å². The molecule has 1 N–H and O–H groups in total. The van der Waals surface area contributed by atoms with Gasteiger partial charge in [-0.3, -0.25) is 5.43 Å². The molecule has 4 nitrogen and oxygen atoms in total. The zero-order valence-electron chi connectivity index (χ0n) is 16.2. The van der Waals surface area contributed by atoms with Crippen molar-refractivity contribution in [2.45, 2.75) is 12.8 Å². The second kappa shape index (κ2) is 9.94. The average Bonchev–Trinajstić information content (AvgIpc) is 2.74. The van der Waals surface area contributed by atoms with Gasteiger partial charge in [-0.2, -0.15) is 18.3 Å². The van der Waals surface area contributed by atoms with E-state index in [0.29, 0.717) is 27.1 Å². The van der Waals surface area contributed by atoms with Crippen LogP contribution < -0.4 is 14.9 Å². The molecule has 0 heterocycles. The number of anilines is 1. The lowest BCUT2D eigenvalue weighted by Crippen LogP contribution is -2.05. The molecule has 0 aliphatic heterocycles. The number of rotatable bonds is 7. The van der Waals surface area contributed by atoms with E-state index in [1.54, 1.807) is 36.4 Å². The summed E-state index contributed by atoms with van der Waals surface area (Å²) < 4.78 is 49.6. The maximum atomic E-state index is 12.8. The maximum Gasteiger partial charge on any atom is 0.416 e. The van der Waals surface area contributed by atoms with E-state index >= 15 is 0 Å². The van der Waals surface area contributed by atoms with Crippen molar-refractivity contribution in [1.29, 1.82) is 0 Å². The number of alkyl halides is 3. The fraction of sp³-hybridized carbons (Fsp3) is 0.136. The third-order valence-corrected chi connectivity index (χ3v) is 4.90. The largest absolute Gasteiger partial charge is 0.493 e. The van der Waals surface area contributed by atoms with Crippen molar-refractivity contribution in [1.82, 2.24) is 0 Å². The SMILES string of the molecule is COc1ccc(C=NNc2cccc(C(F)(F)F)c2)cc1OCc1ccc(Cl)c(Cl)c1. The molecule has 0 saturated heterocycles. The van der Waals surface area contributed by atoms with Crippen molar-refractivity contribution in [3.8, 4) is 11.5 Å². The first-order valence-electron chi connectivity index (χ1n) is 8.97. The number of hydrogen-bond acceptors (Lipinski definition) is 4. The van der Waals surface area contributed by atoms with Crippen molar-refractivity contribution < 1.29 is 22.6 Å². The molecule has 0 amide bonds. The number of methoxy groups -OCH3 is 1. The van der Waals surface area contributed by atoms with E-state index in [4.69, 9.17) is 32.7 Å². The van der Waals surface area contributed by atoms with E-state index in [2.05, 4.69) is 10.5 Å². The Morgan fingerprint density at radius 3 is 2.48 bits per heavy atom. The normalized spacial score (nSPS) is 11.5. The summed E-state index contributed by atoms with van der Waals surface area (Å²) in [7, 11) is 1.52. The Labute approximate surface area is 187 Å².